The summed E-state index contributed by atoms with van der Waals surface area (Å²) in [6.07, 6.45) is 5.95. The minimum Gasteiger partial charge on any atom is -0.347 e. The molecule has 4 fully saturated rings. The SMILES string of the molecule is Cc1ccc(NC(=O)CNC(=O)C23C[C@@H]4C[C@@H](CC(Cl)(C4)C2)C3)cc1C. The topological polar surface area (TPSA) is 58.2 Å². The van der Waals surface area contributed by atoms with Gasteiger partial charge in [-0.05, 0) is 87.5 Å². The van der Waals surface area contributed by atoms with E-state index < -0.39 is 0 Å². The third-order valence-electron chi connectivity index (χ3n) is 6.67. The van der Waals surface area contributed by atoms with Crippen LogP contribution < -0.4 is 10.6 Å². The largest absolute Gasteiger partial charge is 0.347 e. The zero-order valence-corrected chi connectivity index (χ0v) is 16.3. The van der Waals surface area contributed by atoms with Crippen molar-refractivity contribution < 1.29 is 9.59 Å². The highest BCUT2D eigenvalue weighted by atomic mass is 35.5. The van der Waals surface area contributed by atoms with Crippen LogP contribution in [0.25, 0.3) is 0 Å². The fraction of sp³-hybridized carbons (Fsp3) is 0.619. The Morgan fingerprint density at radius 2 is 1.81 bits per heavy atom. The summed E-state index contributed by atoms with van der Waals surface area (Å²) in [5.41, 5.74) is 2.73. The molecule has 4 aliphatic rings. The van der Waals surface area contributed by atoms with E-state index in [0.29, 0.717) is 11.8 Å². The maximum absolute atomic E-state index is 12.9. The van der Waals surface area contributed by atoms with E-state index in [-0.39, 0.29) is 28.6 Å². The lowest BCUT2D eigenvalue weighted by molar-refractivity contribution is -0.145. The second-order valence-corrected chi connectivity index (χ2v) is 9.72. The van der Waals surface area contributed by atoms with Crippen molar-refractivity contribution in [2.24, 2.45) is 17.3 Å². The molecule has 0 saturated heterocycles. The first-order chi connectivity index (χ1) is 12.3. The van der Waals surface area contributed by atoms with Crippen molar-refractivity contribution in [2.45, 2.75) is 57.2 Å². The molecule has 1 aromatic carbocycles. The Bertz CT molecular complexity index is 746. The Morgan fingerprint density at radius 1 is 1.12 bits per heavy atom. The molecule has 0 heterocycles. The number of aryl methyl sites for hydroxylation is 2. The van der Waals surface area contributed by atoms with Crippen molar-refractivity contribution in [1.82, 2.24) is 5.32 Å². The third kappa shape index (κ3) is 3.24. The molecule has 4 saturated carbocycles. The van der Waals surface area contributed by atoms with Gasteiger partial charge in [0.05, 0.1) is 12.0 Å². The molecule has 0 aromatic heterocycles. The average Bonchev–Trinajstić information content (AvgIpc) is 2.53. The quantitative estimate of drug-likeness (QED) is 0.784. The summed E-state index contributed by atoms with van der Waals surface area (Å²) in [6, 6.07) is 5.82. The van der Waals surface area contributed by atoms with E-state index in [1.807, 2.05) is 32.0 Å². The first-order valence-corrected chi connectivity index (χ1v) is 9.99. The molecule has 26 heavy (non-hydrogen) atoms. The van der Waals surface area contributed by atoms with Gasteiger partial charge in [-0.15, -0.1) is 11.6 Å². The van der Waals surface area contributed by atoms with Crippen LogP contribution in [0.1, 0.15) is 49.7 Å². The molecule has 0 radical (unpaired) electrons. The summed E-state index contributed by atoms with van der Waals surface area (Å²) in [5, 5.41) is 5.76. The van der Waals surface area contributed by atoms with Crippen LogP contribution in [0.15, 0.2) is 18.2 Å². The summed E-state index contributed by atoms with van der Waals surface area (Å²) in [5.74, 6) is 0.978. The summed E-state index contributed by atoms with van der Waals surface area (Å²) < 4.78 is 0. The van der Waals surface area contributed by atoms with E-state index in [2.05, 4.69) is 10.6 Å². The first kappa shape index (κ1) is 17.8. The smallest absolute Gasteiger partial charge is 0.243 e. The number of rotatable bonds is 4. The van der Waals surface area contributed by atoms with Crippen LogP contribution in [0, 0.1) is 31.1 Å². The van der Waals surface area contributed by atoms with Crippen molar-refractivity contribution in [3.8, 4) is 0 Å². The molecule has 2 unspecified atom stereocenters. The van der Waals surface area contributed by atoms with Crippen LogP contribution in [0.5, 0.6) is 0 Å². The normalized spacial score (nSPS) is 34.6. The molecule has 2 amide bonds. The van der Waals surface area contributed by atoms with Crippen LogP contribution in [-0.2, 0) is 9.59 Å². The molecular weight excluding hydrogens is 348 g/mol. The Morgan fingerprint density at radius 3 is 2.42 bits per heavy atom. The summed E-state index contributed by atoms with van der Waals surface area (Å²) in [4.78, 5) is 25.0. The zero-order chi connectivity index (χ0) is 18.5. The molecule has 4 bridgehead atoms. The highest BCUT2D eigenvalue weighted by Gasteiger charge is 2.60. The van der Waals surface area contributed by atoms with Crippen molar-refractivity contribution in [1.29, 1.82) is 0 Å². The fourth-order valence-corrected chi connectivity index (χ4v) is 6.48. The summed E-state index contributed by atoms with van der Waals surface area (Å²) in [6.45, 7) is 4.07. The number of benzene rings is 1. The molecule has 4 atom stereocenters. The lowest BCUT2D eigenvalue weighted by Crippen LogP contribution is -2.58. The van der Waals surface area contributed by atoms with E-state index in [1.165, 1.54) is 12.0 Å². The van der Waals surface area contributed by atoms with E-state index in [1.54, 1.807) is 0 Å². The highest BCUT2D eigenvalue weighted by molar-refractivity contribution is 6.24. The first-order valence-electron chi connectivity index (χ1n) is 9.61. The predicted molar refractivity (Wildman–Crippen MR) is 103 cm³/mol. The van der Waals surface area contributed by atoms with Crippen LogP contribution in [0.2, 0.25) is 0 Å². The van der Waals surface area contributed by atoms with Gasteiger partial charge in [0.25, 0.3) is 0 Å². The summed E-state index contributed by atoms with van der Waals surface area (Å²) in [7, 11) is 0. The van der Waals surface area contributed by atoms with Crippen molar-refractivity contribution in [3.05, 3.63) is 29.3 Å². The number of halogens is 1. The number of carbonyl (C=O) groups is 2. The molecule has 2 N–H and O–H groups in total. The molecule has 5 rings (SSSR count). The lowest BCUT2D eigenvalue weighted by Gasteiger charge is -2.59. The van der Waals surface area contributed by atoms with Gasteiger partial charge in [0, 0.05) is 10.6 Å². The zero-order valence-electron chi connectivity index (χ0n) is 15.5. The van der Waals surface area contributed by atoms with Gasteiger partial charge < -0.3 is 10.6 Å². The molecule has 4 aliphatic carbocycles. The van der Waals surface area contributed by atoms with Crippen molar-refractivity contribution >= 4 is 29.1 Å². The average molecular weight is 375 g/mol. The van der Waals surface area contributed by atoms with E-state index in [9.17, 15) is 9.59 Å². The Kier molecular flexibility index (Phi) is 4.30. The van der Waals surface area contributed by atoms with Gasteiger partial charge in [0.2, 0.25) is 11.8 Å². The third-order valence-corrected chi connectivity index (χ3v) is 7.11. The number of hydrogen-bond donors (Lipinski definition) is 2. The molecular formula is C21H27ClN2O2. The van der Waals surface area contributed by atoms with E-state index >= 15 is 0 Å². The van der Waals surface area contributed by atoms with Crippen LogP contribution >= 0.6 is 11.6 Å². The number of anilines is 1. The minimum atomic E-state index is -0.355. The second kappa shape index (κ2) is 6.26. The van der Waals surface area contributed by atoms with Crippen LogP contribution in [-0.4, -0.2) is 23.2 Å². The van der Waals surface area contributed by atoms with Crippen molar-refractivity contribution in [2.75, 3.05) is 11.9 Å². The van der Waals surface area contributed by atoms with Gasteiger partial charge in [-0.2, -0.15) is 0 Å². The number of carbonyl (C=O) groups excluding carboxylic acids is 2. The molecule has 0 spiro atoms. The molecule has 5 heteroatoms. The van der Waals surface area contributed by atoms with Crippen LogP contribution in [0.3, 0.4) is 0 Å². The fourth-order valence-electron chi connectivity index (χ4n) is 5.79. The van der Waals surface area contributed by atoms with Gasteiger partial charge in [0.15, 0.2) is 0 Å². The van der Waals surface area contributed by atoms with E-state index in [4.69, 9.17) is 11.6 Å². The molecule has 4 nitrogen and oxygen atoms in total. The Balaban J connectivity index is 1.36. The van der Waals surface area contributed by atoms with Gasteiger partial charge in [-0.1, -0.05) is 6.07 Å². The molecule has 0 aliphatic heterocycles. The minimum absolute atomic E-state index is 0.0120. The lowest BCUT2D eigenvalue weighted by atomic mass is 9.49. The summed E-state index contributed by atoms with van der Waals surface area (Å²) >= 11 is 6.80. The standard InChI is InChI=1S/C21H27ClN2O2/c1-13-3-4-17(5-14(13)2)24-18(25)11-23-19(26)20-7-15-6-16(8-20)10-21(22,9-15)12-20/h3-5,15-16H,6-12H2,1-2H3,(H,23,26)(H,24,25)/t15-,16+,20?,21?. The number of nitrogens with one attached hydrogen (secondary N) is 2. The number of amides is 2. The highest BCUT2D eigenvalue weighted by Crippen LogP contribution is 2.63. The maximum Gasteiger partial charge on any atom is 0.243 e. The van der Waals surface area contributed by atoms with Crippen LogP contribution in [0.4, 0.5) is 5.69 Å². The number of alkyl halides is 1. The Labute approximate surface area is 160 Å². The monoisotopic (exact) mass is 374 g/mol. The van der Waals surface area contributed by atoms with Gasteiger partial charge in [0.1, 0.15) is 0 Å². The molecule has 140 valence electrons. The maximum atomic E-state index is 12.9. The second-order valence-electron chi connectivity index (χ2n) is 8.92. The molecule has 1 aromatic rings. The van der Waals surface area contributed by atoms with Gasteiger partial charge in [-0.3, -0.25) is 9.59 Å². The van der Waals surface area contributed by atoms with Gasteiger partial charge >= 0.3 is 0 Å². The number of hydrogen-bond acceptors (Lipinski definition) is 2. The predicted octanol–water partition coefficient (Wildman–Crippen LogP) is 3.94. The van der Waals surface area contributed by atoms with Gasteiger partial charge in [-0.25, -0.2) is 0 Å². The van der Waals surface area contributed by atoms with Crippen molar-refractivity contribution in [3.63, 3.8) is 0 Å². The Hall–Kier alpha value is -1.55. The van der Waals surface area contributed by atoms with E-state index in [0.717, 1.165) is 43.4 Å².